The van der Waals surface area contributed by atoms with Gasteiger partial charge < -0.3 is 10.2 Å². The molecule has 1 amide bonds. The summed E-state index contributed by atoms with van der Waals surface area (Å²) >= 11 is 0. The molecule has 1 aliphatic carbocycles. The van der Waals surface area contributed by atoms with Crippen molar-refractivity contribution in [2.45, 2.75) is 32.7 Å². The molecule has 1 aliphatic rings. The molecule has 0 heterocycles. The van der Waals surface area contributed by atoms with Gasteiger partial charge in [-0.25, -0.2) is 0 Å². The number of amides is 1. The minimum absolute atomic E-state index is 0.185. The first-order chi connectivity index (χ1) is 8.56. The molecule has 1 saturated carbocycles. The number of nitrogens with zero attached hydrogens (tertiary/aromatic N) is 1. The fourth-order valence-corrected chi connectivity index (χ4v) is 2.22. The Hall–Kier alpha value is -1.35. The van der Waals surface area contributed by atoms with Crippen LogP contribution in [0.3, 0.4) is 0 Å². The normalized spacial score (nSPS) is 15.6. The second-order valence-corrected chi connectivity index (χ2v) is 5.52. The molecule has 0 aliphatic heterocycles. The summed E-state index contributed by atoms with van der Waals surface area (Å²) in [5.41, 5.74) is 3.38. The maximum Gasteiger partial charge on any atom is 0.227 e. The Balaban J connectivity index is 2.12. The summed E-state index contributed by atoms with van der Waals surface area (Å²) < 4.78 is 0. The Morgan fingerprint density at radius 2 is 2.11 bits per heavy atom. The predicted octanol–water partition coefficient (Wildman–Crippen LogP) is 2.80. The van der Waals surface area contributed by atoms with Crippen molar-refractivity contribution in [2.24, 2.45) is 5.92 Å². The first-order valence-electron chi connectivity index (χ1n) is 6.61. The van der Waals surface area contributed by atoms with Gasteiger partial charge in [-0.05, 0) is 45.5 Å². The van der Waals surface area contributed by atoms with E-state index in [9.17, 15) is 4.79 Å². The summed E-state index contributed by atoms with van der Waals surface area (Å²) in [6, 6.07) is 6.22. The lowest BCUT2D eigenvalue weighted by Crippen LogP contribution is -2.28. The molecule has 0 spiro atoms. The quantitative estimate of drug-likeness (QED) is 0.886. The number of anilines is 1. The number of benzene rings is 1. The van der Waals surface area contributed by atoms with E-state index in [2.05, 4.69) is 29.3 Å². The van der Waals surface area contributed by atoms with Gasteiger partial charge in [0.25, 0.3) is 0 Å². The molecule has 0 bridgehead atoms. The smallest absolute Gasteiger partial charge is 0.227 e. The number of aryl methyl sites for hydroxylation is 1. The molecule has 1 N–H and O–H groups in total. The number of rotatable bonds is 4. The second kappa shape index (κ2) is 5.53. The third-order valence-electron chi connectivity index (χ3n) is 3.48. The summed E-state index contributed by atoms with van der Waals surface area (Å²) in [6.07, 6.45) is 3.28. The molecule has 1 aromatic carbocycles. The van der Waals surface area contributed by atoms with Crippen molar-refractivity contribution in [3.8, 4) is 0 Å². The maximum atomic E-state index is 12.0. The Labute approximate surface area is 109 Å². The van der Waals surface area contributed by atoms with E-state index in [1.165, 1.54) is 17.5 Å². The van der Waals surface area contributed by atoms with E-state index in [0.29, 0.717) is 0 Å². The first-order valence-corrected chi connectivity index (χ1v) is 6.61. The molecule has 0 atom stereocenters. The number of carbonyl (C=O) groups excluding carboxylic acids is 1. The minimum Gasteiger partial charge on any atom is -0.326 e. The van der Waals surface area contributed by atoms with E-state index >= 15 is 0 Å². The van der Waals surface area contributed by atoms with E-state index in [-0.39, 0.29) is 11.8 Å². The van der Waals surface area contributed by atoms with E-state index < -0.39 is 0 Å². The second-order valence-electron chi connectivity index (χ2n) is 5.52. The molecule has 1 fully saturated rings. The zero-order valence-electron chi connectivity index (χ0n) is 11.5. The molecular weight excluding hydrogens is 224 g/mol. The highest BCUT2D eigenvalue weighted by Gasteiger charge is 2.25. The highest BCUT2D eigenvalue weighted by Crippen LogP contribution is 2.28. The lowest BCUT2D eigenvalue weighted by atomic mass is 9.84. The molecular formula is C15H22N2O. The lowest BCUT2D eigenvalue weighted by molar-refractivity contribution is -0.122. The number of nitrogens with one attached hydrogen (secondary N) is 1. The molecule has 1 aromatic rings. The molecule has 0 saturated heterocycles. The van der Waals surface area contributed by atoms with Crippen LogP contribution in [-0.2, 0) is 11.3 Å². The van der Waals surface area contributed by atoms with Crippen molar-refractivity contribution in [2.75, 3.05) is 19.4 Å². The highest BCUT2D eigenvalue weighted by molar-refractivity contribution is 5.93. The Bertz CT molecular complexity index is 436. The van der Waals surface area contributed by atoms with Crippen LogP contribution in [0.1, 0.15) is 30.4 Å². The zero-order valence-corrected chi connectivity index (χ0v) is 11.5. The maximum absolute atomic E-state index is 12.0. The Morgan fingerprint density at radius 3 is 2.67 bits per heavy atom. The van der Waals surface area contributed by atoms with E-state index in [4.69, 9.17) is 0 Å². The number of hydrogen-bond acceptors (Lipinski definition) is 2. The molecule has 0 aromatic heterocycles. The average Bonchev–Trinajstić information content (AvgIpc) is 2.18. The van der Waals surface area contributed by atoms with Crippen LogP contribution in [0.15, 0.2) is 18.2 Å². The first kappa shape index (κ1) is 13.1. The van der Waals surface area contributed by atoms with Crippen LogP contribution in [0, 0.1) is 12.8 Å². The van der Waals surface area contributed by atoms with Crippen LogP contribution in [0.5, 0.6) is 0 Å². The standard InChI is InChI=1S/C15H22N2O/c1-11-7-8-14(13(9-11)10-17(2)3)16-15(18)12-5-4-6-12/h7-9,12H,4-6,10H2,1-3H3,(H,16,18). The third-order valence-corrected chi connectivity index (χ3v) is 3.48. The van der Waals surface area contributed by atoms with Crippen LogP contribution in [0.25, 0.3) is 0 Å². The van der Waals surface area contributed by atoms with Crippen LogP contribution in [0.4, 0.5) is 5.69 Å². The van der Waals surface area contributed by atoms with Gasteiger partial charge in [-0.15, -0.1) is 0 Å². The third kappa shape index (κ3) is 3.10. The summed E-state index contributed by atoms with van der Waals surface area (Å²) in [7, 11) is 4.08. The van der Waals surface area contributed by atoms with Gasteiger partial charge in [0.2, 0.25) is 5.91 Å². The van der Waals surface area contributed by atoms with Gasteiger partial charge in [-0.1, -0.05) is 24.1 Å². The molecule has 98 valence electrons. The summed E-state index contributed by atoms with van der Waals surface area (Å²) in [5, 5.41) is 3.08. The van der Waals surface area contributed by atoms with Crippen molar-refractivity contribution in [3.05, 3.63) is 29.3 Å². The van der Waals surface area contributed by atoms with Gasteiger partial charge in [0.15, 0.2) is 0 Å². The van der Waals surface area contributed by atoms with Crippen LogP contribution in [0.2, 0.25) is 0 Å². The SMILES string of the molecule is Cc1ccc(NC(=O)C2CCC2)c(CN(C)C)c1. The van der Waals surface area contributed by atoms with Gasteiger partial charge in [0, 0.05) is 18.2 Å². The average molecular weight is 246 g/mol. The highest BCUT2D eigenvalue weighted by atomic mass is 16.1. The van der Waals surface area contributed by atoms with Crippen molar-refractivity contribution >= 4 is 11.6 Å². The Morgan fingerprint density at radius 1 is 1.39 bits per heavy atom. The molecule has 2 rings (SSSR count). The van der Waals surface area contributed by atoms with Gasteiger partial charge in [-0.3, -0.25) is 4.79 Å². The topological polar surface area (TPSA) is 32.3 Å². The number of carbonyl (C=O) groups is 1. The van der Waals surface area contributed by atoms with Crippen LogP contribution < -0.4 is 5.32 Å². The van der Waals surface area contributed by atoms with Crippen LogP contribution in [-0.4, -0.2) is 24.9 Å². The van der Waals surface area contributed by atoms with Gasteiger partial charge >= 0.3 is 0 Å². The Kier molecular flexibility index (Phi) is 4.02. The number of hydrogen-bond donors (Lipinski definition) is 1. The summed E-state index contributed by atoms with van der Waals surface area (Å²) in [4.78, 5) is 14.1. The fraction of sp³-hybridized carbons (Fsp3) is 0.533. The predicted molar refractivity (Wildman–Crippen MR) is 74.5 cm³/mol. The fourth-order valence-electron chi connectivity index (χ4n) is 2.22. The minimum atomic E-state index is 0.185. The van der Waals surface area contributed by atoms with E-state index in [0.717, 1.165) is 25.1 Å². The zero-order chi connectivity index (χ0) is 13.1. The largest absolute Gasteiger partial charge is 0.326 e. The van der Waals surface area contributed by atoms with Gasteiger partial charge in [0.1, 0.15) is 0 Å². The molecule has 3 heteroatoms. The lowest BCUT2D eigenvalue weighted by Gasteiger charge is -2.25. The van der Waals surface area contributed by atoms with Crippen LogP contribution >= 0.6 is 0 Å². The van der Waals surface area contributed by atoms with Crippen molar-refractivity contribution in [1.82, 2.24) is 4.90 Å². The van der Waals surface area contributed by atoms with Crippen molar-refractivity contribution in [1.29, 1.82) is 0 Å². The van der Waals surface area contributed by atoms with Gasteiger partial charge in [-0.2, -0.15) is 0 Å². The molecule has 3 nitrogen and oxygen atoms in total. The summed E-state index contributed by atoms with van der Waals surface area (Å²) in [6.45, 7) is 2.93. The van der Waals surface area contributed by atoms with E-state index in [1.54, 1.807) is 0 Å². The monoisotopic (exact) mass is 246 g/mol. The summed E-state index contributed by atoms with van der Waals surface area (Å²) in [5.74, 6) is 0.420. The molecule has 0 radical (unpaired) electrons. The molecule has 18 heavy (non-hydrogen) atoms. The van der Waals surface area contributed by atoms with E-state index in [1.807, 2.05) is 20.2 Å². The van der Waals surface area contributed by atoms with Gasteiger partial charge in [0.05, 0.1) is 0 Å². The molecule has 0 unspecified atom stereocenters. The van der Waals surface area contributed by atoms with Crippen molar-refractivity contribution in [3.63, 3.8) is 0 Å². The van der Waals surface area contributed by atoms with Crippen molar-refractivity contribution < 1.29 is 4.79 Å².